The van der Waals surface area contributed by atoms with Gasteiger partial charge >= 0.3 is 0 Å². The molecule has 0 spiro atoms. The molecule has 2 aliphatic rings. The number of hydrogen-bond acceptors (Lipinski definition) is 5. The van der Waals surface area contributed by atoms with Crippen molar-refractivity contribution in [1.29, 1.82) is 0 Å². The largest absolute Gasteiger partial charge is 0.461 e. The smallest absolute Gasteiger partial charge is 0.200 e. The number of unbranched alkanes of at least 4 members (excludes halogenated alkanes) is 1. The molecule has 5 nitrogen and oxygen atoms in total. The standard InChI is InChI=1S/C33H40O5/c1-2-3-18-27(34)26-23-28(37-29-19-10-12-21-35-29)33(38-30-20-11-13-22-36-30)32(25-16-8-5-9-17-25)31(26)24-14-6-4-7-15-24/h4-9,14-17,23,27,29-30,34H,2-3,10-13,18-22H2,1H3. The molecule has 3 aromatic rings. The molecule has 3 unspecified atom stereocenters. The van der Waals surface area contributed by atoms with E-state index in [2.05, 4.69) is 31.2 Å². The van der Waals surface area contributed by atoms with Crippen molar-refractivity contribution in [2.24, 2.45) is 0 Å². The minimum Gasteiger partial charge on any atom is -0.461 e. The molecule has 2 fully saturated rings. The number of benzene rings is 3. The molecule has 0 bridgehead atoms. The fraction of sp³-hybridized carbons (Fsp3) is 0.455. The van der Waals surface area contributed by atoms with Crippen LogP contribution < -0.4 is 9.47 Å². The first-order valence-electron chi connectivity index (χ1n) is 14.3. The summed E-state index contributed by atoms with van der Waals surface area (Å²) < 4.78 is 25.3. The Labute approximate surface area is 226 Å². The first-order chi connectivity index (χ1) is 18.7. The molecule has 3 atom stereocenters. The van der Waals surface area contributed by atoms with E-state index >= 15 is 0 Å². The molecule has 0 saturated carbocycles. The number of hydrogen-bond donors (Lipinski definition) is 1. The van der Waals surface area contributed by atoms with E-state index in [-0.39, 0.29) is 12.6 Å². The second kappa shape index (κ2) is 13.3. The average molecular weight is 517 g/mol. The van der Waals surface area contributed by atoms with Crippen LogP contribution in [0.3, 0.4) is 0 Å². The van der Waals surface area contributed by atoms with Gasteiger partial charge in [0, 0.05) is 18.4 Å². The van der Waals surface area contributed by atoms with E-state index in [4.69, 9.17) is 18.9 Å². The number of ether oxygens (including phenoxy) is 4. The van der Waals surface area contributed by atoms with E-state index < -0.39 is 6.10 Å². The van der Waals surface area contributed by atoms with Crippen LogP contribution in [0.2, 0.25) is 0 Å². The van der Waals surface area contributed by atoms with E-state index in [0.717, 1.165) is 79.2 Å². The lowest BCUT2D eigenvalue weighted by atomic mass is 9.86. The average Bonchev–Trinajstić information content (AvgIpc) is 2.98. The zero-order chi connectivity index (χ0) is 26.2. The Hall–Kier alpha value is -2.86. The van der Waals surface area contributed by atoms with Crippen LogP contribution in [-0.2, 0) is 9.47 Å². The van der Waals surface area contributed by atoms with Crippen molar-refractivity contribution in [2.45, 2.75) is 83.4 Å². The molecule has 5 heteroatoms. The van der Waals surface area contributed by atoms with Gasteiger partial charge in [-0.15, -0.1) is 0 Å². The Morgan fingerprint density at radius 1 is 0.789 bits per heavy atom. The van der Waals surface area contributed by atoms with Crippen LogP contribution in [0.4, 0.5) is 0 Å². The fourth-order valence-corrected chi connectivity index (χ4v) is 5.36. The number of rotatable bonds is 10. The number of aliphatic hydroxyl groups excluding tert-OH is 1. The van der Waals surface area contributed by atoms with Gasteiger partial charge < -0.3 is 24.1 Å². The summed E-state index contributed by atoms with van der Waals surface area (Å²) in [4.78, 5) is 0. The van der Waals surface area contributed by atoms with Crippen molar-refractivity contribution in [3.05, 3.63) is 72.3 Å². The Morgan fingerprint density at radius 2 is 1.37 bits per heavy atom. The molecular formula is C33H40O5. The Kier molecular flexibility index (Phi) is 9.34. The Bertz CT molecular complexity index is 1140. The van der Waals surface area contributed by atoms with Gasteiger partial charge in [0.1, 0.15) is 0 Å². The third kappa shape index (κ3) is 6.40. The van der Waals surface area contributed by atoms with E-state index in [1.54, 1.807) is 0 Å². The highest BCUT2D eigenvalue weighted by Crippen LogP contribution is 2.50. The van der Waals surface area contributed by atoms with Gasteiger partial charge in [0.25, 0.3) is 0 Å². The van der Waals surface area contributed by atoms with Crippen LogP contribution in [0.25, 0.3) is 22.3 Å². The van der Waals surface area contributed by atoms with Gasteiger partial charge in [0.2, 0.25) is 0 Å². The van der Waals surface area contributed by atoms with Crippen molar-refractivity contribution < 1.29 is 24.1 Å². The summed E-state index contributed by atoms with van der Waals surface area (Å²) >= 11 is 0. The van der Waals surface area contributed by atoms with Gasteiger partial charge in [0.05, 0.1) is 19.3 Å². The predicted octanol–water partition coefficient (Wildman–Crippen LogP) is 8.06. The second-order valence-electron chi connectivity index (χ2n) is 10.3. The van der Waals surface area contributed by atoms with Crippen molar-refractivity contribution >= 4 is 0 Å². The van der Waals surface area contributed by atoms with Crippen molar-refractivity contribution in [2.75, 3.05) is 13.2 Å². The van der Waals surface area contributed by atoms with Gasteiger partial charge in [-0.2, -0.15) is 0 Å². The van der Waals surface area contributed by atoms with Gasteiger partial charge in [-0.1, -0.05) is 80.4 Å². The molecule has 0 amide bonds. The summed E-state index contributed by atoms with van der Waals surface area (Å²) in [7, 11) is 0. The monoisotopic (exact) mass is 516 g/mol. The van der Waals surface area contributed by atoms with Gasteiger partial charge in [-0.3, -0.25) is 0 Å². The van der Waals surface area contributed by atoms with E-state index in [9.17, 15) is 5.11 Å². The maximum absolute atomic E-state index is 11.6. The molecule has 38 heavy (non-hydrogen) atoms. The van der Waals surface area contributed by atoms with E-state index in [0.29, 0.717) is 31.1 Å². The van der Waals surface area contributed by atoms with Crippen LogP contribution in [-0.4, -0.2) is 30.9 Å². The maximum atomic E-state index is 11.6. The molecule has 2 aliphatic heterocycles. The second-order valence-corrected chi connectivity index (χ2v) is 10.3. The van der Waals surface area contributed by atoms with Crippen molar-refractivity contribution in [3.8, 4) is 33.8 Å². The highest BCUT2D eigenvalue weighted by molar-refractivity contribution is 5.92. The van der Waals surface area contributed by atoms with Gasteiger partial charge in [-0.25, -0.2) is 0 Å². The van der Waals surface area contributed by atoms with Gasteiger partial charge in [0.15, 0.2) is 24.1 Å². The third-order valence-corrected chi connectivity index (χ3v) is 7.37. The molecule has 3 aromatic carbocycles. The summed E-state index contributed by atoms with van der Waals surface area (Å²) in [5.74, 6) is 1.26. The summed E-state index contributed by atoms with van der Waals surface area (Å²) in [6.07, 6.45) is 7.17. The van der Waals surface area contributed by atoms with Crippen LogP contribution in [0.1, 0.15) is 76.4 Å². The molecular weight excluding hydrogens is 476 g/mol. The lowest BCUT2D eigenvalue weighted by molar-refractivity contribution is -0.118. The van der Waals surface area contributed by atoms with Crippen LogP contribution in [0, 0.1) is 0 Å². The minimum atomic E-state index is -0.637. The summed E-state index contributed by atoms with van der Waals surface area (Å²) in [5, 5.41) is 11.6. The zero-order valence-electron chi connectivity index (χ0n) is 22.4. The first-order valence-corrected chi connectivity index (χ1v) is 14.3. The Morgan fingerprint density at radius 3 is 1.92 bits per heavy atom. The predicted molar refractivity (Wildman–Crippen MR) is 150 cm³/mol. The first kappa shape index (κ1) is 26.7. The molecule has 0 radical (unpaired) electrons. The molecule has 0 aromatic heterocycles. The molecule has 1 N–H and O–H groups in total. The third-order valence-electron chi connectivity index (χ3n) is 7.37. The molecule has 202 valence electrons. The van der Waals surface area contributed by atoms with Crippen LogP contribution >= 0.6 is 0 Å². The summed E-state index contributed by atoms with van der Waals surface area (Å²) in [6.45, 7) is 3.52. The highest BCUT2D eigenvalue weighted by Gasteiger charge is 2.30. The Balaban J connectivity index is 1.73. The molecule has 2 saturated heterocycles. The maximum Gasteiger partial charge on any atom is 0.200 e. The molecule has 2 heterocycles. The van der Waals surface area contributed by atoms with E-state index in [1.807, 2.05) is 42.5 Å². The summed E-state index contributed by atoms with van der Waals surface area (Å²) in [5.41, 5.74) is 4.79. The molecule has 0 aliphatic carbocycles. The van der Waals surface area contributed by atoms with Gasteiger partial charge in [-0.05, 0) is 60.4 Å². The van der Waals surface area contributed by atoms with Crippen LogP contribution in [0.15, 0.2) is 66.7 Å². The number of aliphatic hydroxyl groups is 1. The topological polar surface area (TPSA) is 57.2 Å². The van der Waals surface area contributed by atoms with Crippen molar-refractivity contribution in [3.63, 3.8) is 0 Å². The fourth-order valence-electron chi connectivity index (χ4n) is 5.36. The lowest BCUT2D eigenvalue weighted by Gasteiger charge is -2.31. The quantitative estimate of drug-likeness (QED) is 0.295. The highest BCUT2D eigenvalue weighted by atomic mass is 16.7. The van der Waals surface area contributed by atoms with E-state index in [1.165, 1.54) is 0 Å². The zero-order valence-corrected chi connectivity index (χ0v) is 22.4. The van der Waals surface area contributed by atoms with Crippen LogP contribution in [0.5, 0.6) is 11.5 Å². The van der Waals surface area contributed by atoms with Crippen molar-refractivity contribution in [1.82, 2.24) is 0 Å². The summed E-state index contributed by atoms with van der Waals surface area (Å²) in [6, 6.07) is 22.6. The SMILES string of the molecule is CCCCC(O)c1cc(OC2CCCCO2)c(OC2CCCCO2)c(-c2ccccc2)c1-c1ccccc1. The molecule has 5 rings (SSSR count). The minimum absolute atomic E-state index is 0.342. The lowest BCUT2D eigenvalue weighted by Crippen LogP contribution is -2.28. The normalized spacial score (nSPS) is 20.6.